The first-order chi connectivity index (χ1) is 4.81. The van der Waals surface area contributed by atoms with Gasteiger partial charge in [0, 0.05) is 12.8 Å². The second-order valence-corrected chi connectivity index (χ2v) is 2.16. The average molecular weight is 140 g/mol. The van der Waals surface area contributed by atoms with Gasteiger partial charge in [-0.1, -0.05) is 0 Å². The van der Waals surface area contributed by atoms with Gasteiger partial charge in [0.05, 0.1) is 6.10 Å². The predicted octanol–water partition coefficient (Wildman–Crippen LogP) is 0.740. The molecule has 0 aromatic carbocycles. The second kappa shape index (κ2) is 6.31. The van der Waals surface area contributed by atoms with Crippen molar-refractivity contribution in [1.82, 2.24) is 0 Å². The Morgan fingerprint density at radius 1 is 1.70 bits per heavy atom. The fourth-order valence-electron chi connectivity index (χ4n) is 0.675. The van der Waals surface area contributed by atoms with Crippen molar-refractivity contribution in [2.75, 3.05) is 0 Å². The highest BCUT2D eigenvalue weighted by Crippen LogP contribution is 2.01. The van der Waals surface area contributed by atoms with Gasteiger partial charge in [0.25, 0.3) is 0 Å². The van der Waals surface area contributed by atoms with Gasteiger partial charge in [-0.25, -0.2) is 0 Å². The molecule has 0 aromatic heterocycles. The van der Waals surface area contributed by atoms with Crippen molar-refractivity contribution in [3.63, 3.8) is 0 Å². The molecule has 0 rings (SSSR count). The molecule has 0 aliphatic carbocycles. The molecule has 1 N–H and O–H groups in total. The van der Waals surface area contributed by atoms with Crippen molar-refractivity contribution in [3.05, 3.63) is 0 Å². The minimum Gasteiger partial charge on any atom is -0.392 e. The Kier molecular flexibility index (Phi) is 5.80. The Labute approximate surface area is 61.2 Å². The van der Waals surface area contributed by atoms with Gasteiger partial charge < -0.3 is 9.90 Å². The van der Waals surface area contributed by atoms with Crippen LogP contribution in [0.2, 0.25) is 0 Å². The van der Waals surface area contributed by atoms with Crippen LogP contribution < -0.4 is 0 Å². The van der Waals surface area contributed by atoms with Crippen molar-refractivity contribution < 1.29 is 9.90 Å². The van der Waals surface area contributed by atoms with Crippen LogP contribution in [-0.4, -0.2) is 17.5 Å². The highest BCUT2D eigenvalue weighted by atomic mass is 16.3. The lowest BCUT2D eigenvalue weighted by molar-refractivity contribution is -0.108. The van der Waals surface area contributed by atoms with Crippen LogP contribution in [0.4, 0.5) is 0 Å². The van der Waals surface area contributed by atoms with E-state index in [9.17, 15) is 4.79 Å². The van der Waals surface area contributed by atoms with E-state index in [-0.39, 0.29) is 0 Å². The highest BCUT2D eigenvalue weighted by Gasteiger charge is 1.99. The zero-order valence-electron chi connectivity index (χ0n) is 5.92. The summed E-state index contributed by atoms with van der Waals surface area (Å²) in [5.41, 5.74) is 0. The summed E-state index contributed by atoms with van der Waals surface area (Å²) in [5.74, 6) is 2.36. The third-order valence-electron chi connectivity index (χ3n) is 1.21. The molecule has 0 amide bonds. The minimum atomic E-state index is -0.426. The number of hydrogen-bond donors (Lipinski definition) is 1. The molecule has 0 heterocycles. The maximum atomic E-state index is 9.82. The van der Waals surface area contributed by atoms with Crippen LogP contribution in [0.15, 0.2) is 0 Å². The van der Waals surface area contributed by atoms with Crippen molar-refractivity contribution in [1.29, 1.82) is 0 Å². The van der Waals surface area contributed by atoms with Gasteiger partial charge in [0.15, 0.2) is 0 Å². The largest absolute Gasteiger partial charge is 0.392 e. The van der Waals surface area contributed by atoms with E-state index in [1.165, 1.54) is 0 Å². The summed E-state index contributed by atoms with van der Waals surface area (Å²) in [4.78, 5) is 9.82. The van der Waals surface area contributed by atoms with E-state index in [1.54, 1.807) is 0 Å². The number of hydrogen-bond acceptors (Lipinski definition) is 2. The van der Waals surface area contributed by atoms with Crippen LogP contribution in [-0.2, 0) is 4.79 Å². The highest BCUT2D eigenvalue weighted by molar-refractivity contribution is 5.48. The summed E-state index contributed by atoms with van der Waals surface area (Å²) in [6, 6.07) is 0. The van der Waals surface area contributed by atoms with Gasteiger partial charge in [0.2, 0.25) is 0 Å². The molecule has 0 radical (unpaired) electrons. The first-order valence-electron chi connectivity index (χ1n) is 3.36. The van der Waals surface area contributed by atoms with Crippen LogP contribution >= 0.6 is 0 Å². The molecule has 0 aromatic rings. The molecule has 0 bridgehead atoms. The lowest BCUT2D eigenvalue weighted by Gasteiger charge is -2.03. The van der Waals surface area contributed by atoms with Crippen LogP contribution in [0.1, 0.15) is 25.7 Å². The third-order valence-corrected chi connectivity index (χ3v) is 1.21. The number of carbonyl (C=O) groups excluding carboxylic acids is 1. The number of rotatable bonds is 5. The summed E-state index contributed by atoms with van der Waals surface area (Å²) in [6.45, 7) is 0. The summed E-state index contributed by atoms with van der Waals surface area (Å²) in [5, 5.41) is 9.02. The Bertz CT molecular complexity index is 124. The molecule has 0 aliphatic heterocycles. The van der Waals surface area contributed by atoms with E-state index < -0.39 is 6.10 Å². The lowest BCUT2D eigenvalue weighted by Crippen LogP contribution is -2.04. The minimum absolute atomic E-state index is 0.388. The van der Waals surface area contributed by atoms with Crippen LogP contribution in [0.3, 0.4) is 0 Å². The number of aliphatic hydroxyl groups is 1. The zero-order valence-corrected chi connectivity index (χ0v) is 5.92. The van der Waals surface area contributed by atoms with Gasteiger partial charge in [-0.15, -0.1) is 12.3 Å². The molecule has 0 unspecified atom stereocenters. The molecule has 2 nitrogen and oxygen atoms in total. The Morgan fingerprint density at radius 3 is 2.90 bits per heavy atom. The van der Waals surface area contributed by atoms with Gasteiger partial charge in [-0.05, 0) is 12.8 Å². The quantitative estimate of drug-likeness (QED) is 0.347. The van der Waals surface area contributed by atoms with Gasteiger partial charge in [-0.3, -0.25) is 0 Å². The zero-order chi connectivity index (χ0) is 7.82. The summed E-state index contributed by atoms with van der Waals surface area (Å²) in [6.07, 6.45) is 7.64. The normalized spacial score (nSPS) is 12.0. The topological polar surface area (TPSA) is 37.3 Å². The molecule has 10 heavy (non-hydrogen) atoms. The molecule has 0 saturated heterocycles. The Morgan fingerprint density at radius 2 is 2.40 bits per heavy atom. The first kappa shape index (κ1) is 9.19. The SMILES string of the molecule is C#CC[C@@H](O)CCCC=O. The van der Waals surface area contributed by atoms with E-state index in [0.717, 1.165) is 12.7 Å². The smallest absolute Gasteiger partial charge is 0.119 e. The maximum Gasteiger partial charge on any atom is 0.119 e. The molecule has 0 fully saturated rings. The molecule has 1 atom stereocenters. The van der Waals surface area contributed by atoms with Crippen LogP contribution in [0, 0.1) is 12.3 Å². The van der Waals surface area contributed by atoms with Crippen LogP contribution in [0.5, 0.6) is 0 Å². The number of aliphatic hydroxyl groups excluding tert-OH is 1. The Hall–Kier alpha value is -0.810. The monoisotopic (exact) mass is 140 g/mol. The number of unbranched alkanes of at least 4 members (excludes halogenated alkanes) is 1. The van der Waals surface area contributed by atoms with E-state index in [4.69, 9.17) is 11.5 Å². The van der Waals surface area contributed by atoms with Crippen LogP contribution in [0.25, 0.3) is 0 Å². The fraction of sp³-hybridized carbons (Fsp3) is 0.625. The third kappa shape index (κ3) is 5.33. The van der Waals surface area contributed by atoms with Crippen molar-refractivity contribution in [3.8, 4) is 12.3 Å². The molecule has 2 heteroatoms. The average Bonchev–Trinajstić information content (AvgIpc) is 1.89. The van der Waals surface area contributed by atoms with Crippen molar-refractivity contribution in [2.45, 2.75) is 31.8 Å². The van der Waals surface area contributed by atoms with Gasteiger partial charge in [0.1, 0.15) is 6.29 Å². The standard InChI is InChI=1S/C8H12O2/c1-2-5-8(10)6-3-4-7-9/h1,7-8,10H,3-6H2/t8-/m1/s1. The molecule has 0 saturated carbocycles. The van der Waals surface area contributed by atoms with E-state index in [2.05, 4.69) is 5.92 Å². The predicted molar refractivity (Wildman–Crippen MR) is 39.4 cm³/mol. The van der Waals surface area contributed by atoms with E-state index in [1.807, 2.05) is 0 Å². The summed E-state index contributed by atoms with van der Waals surface area (Å²) >= 11 is 0. The number of aldehydes is 1. The van der Waals surface area contributed by atoms with Crippen molar-refractivity contribution in [2.24, 2.45) is 0 Å². The van der Waals surface area contributed by atoms with Gasteiger partial charge in [-0.2, -0.15) is 0 Å². The van der Waals surface area contributed by atoms with E-state index in [0.29, 0.717) is 19.3 Å². The molecule has 56 valence electrons. The summed E-state index contributed by atoms with van der Waals surface area (Å²) < 4.78 is 0. The van der Waals surface area contributed by atoms with Gasteiger partial charge >= 0.3 is 0 Å². The Balaban J connectivity index is 3.14. The first-order valence-corrected chi connectivity index (χ1v) is 3.36. The molecular weight excluding hydrogens is 128 g/mol. The summed E-state index contributed by atoms with van der Waals surface area (Å²) in [7, 11) is 0. The maximum absolute atomic E-state index is 9.82. The second-order valence-electron chi connectivity index (χ2n) is 2.16. The molecule has 0 aliphatic rings. The van der Waals surface area contributed by atoms with Crippen molar-refractivity contribution >= 4 is 6.29 Å². The molecular formula is C8H12O2. The molecule has 0 spiro atoms. The fourth-order valence-corrected chi connectivity index (χ4v) is 0.675. The number of carbonyl (C=O) groups is 1. The number of terminal acetylenes is 1. The lowest BCUT2D eigenvalue weighted by atomic mass is 10.1. The van der Waals surface area contributed by atoms with E-state index >= 15 is 0 Å².